The van der Waals surface area contributed by atoms with Crippen molar-refractivity contribution in [2.45, 2.75) is 16.7 Å². The minimum absolute atomic E-state index is 0.764. The van der Waals surface area contributed by atoms with Crippen LogP contribution in [0.4, 0.5) is 5.69 Å². The fourth-order valence-electron chi connectivity index (χ4n) is 2.89. The summed E-state index contributed by atoms with van der Waals surface area (Å²) in [6.45, 7) is 2.10. The number of rotatable bonds is 7. The van der Waals surface area contributed by atoms with Crippen LogP contribution in [0.3, 0.4) is 0 Å². The van der Waals surface area contributed by atoms with E-state index >= 15 is 0 Å². The maximum absolute atomic E-state index is 5.85. The Morgan fingerprint density at radius 1 is 0.645 bits per heavy atom. The molecule has 0 radical (unpaired) electrons. The van der Waals surface area contributed by atoms with Gasteiger partial charge in [0.2, 0.25) is 0 Å². The van der Waals surface area contributed by atoms with Crippen LogP contribution in [0.5, 0.6) is 17.2 Å². The van der Waals surface area contributed by atoms with Gasteiger partial charge in [-0.15, -0.1) is 0 Å². The number of ether oxygens (including phenoxy) is 2. The summed E-state index contributed by atoms with van der Waals surface area (Å²) in [4.78, 5) is 7.02. The monoisotopic (exact) mass is 425 g/mol. The molecule has 4 rings (SSSR count). The second-order valence-electron chi connectivity index (χ2n) is 7.01. The predicted molar refractivity (Wildman–Crippen MR) is 129 cm³/mol. The maximum Gasteiger partial charge on any atom is 0.127 e. The zero-order valence-corrected chi connectivity index (χ0v) is 18.3. The molecule has 4 aromatic carbocycles. The Bertz CT molecular complexity index is 1130. The first-order chi connectivity index (χ1) is 15.2. The van der Waals surface area contributed by atoms with E-state index in [-0.39, 0.29) is 0 Å². The molecule has 4 heteroatoms. The van der Waals surface area contributed by atoms with E-state index < -0.39 is 0 Å². The van der Waals surface area contributed by atoms with Crippen molar-refractivity contribution in [1.82, 2.24) is 0 Å². The summed E-state index contributed by atoms with van der Waals surface area (Å²) >= 11 is 1.76. The minimum Gasteiger partial charge on any atom is -0.497 e. The summed E-state index contributed by atoms with van der Waals surface area (Å²) in [5.74, 6) is 2.33. The van der Waals surface area contributed by atoms with E-state index in [4.69, 9.17) is 9.47 Å². The molecule has 0 aliphatic heterocycles. The predicted octanol–water partition coefficient (Wildman–Crippen LogP) is 7.70. The van der Waals surface area contributed by atoms with Crippen molar-refractivity contribution in [2.75, 3.05) is 7.11 Å². The third-order valence-corrected chi connectivity index (χ3v) is 5.65. The molecule has 0 heterocycles. The highest BCUT2D eigenvalue weighted by Crippen LogP contribution is 2.28. The quantitative estimate of drug-likeness (QED) is 0.284. The van der Waals surface area contributed by atoms with Crippen LogP contribution < -0.4 is 9.47 Å². The van der Waals surface area contributed by atoms with Gasteiger partial charge < -0.3 is 9.47 Å². The van der Waals surface area contributed by atoms with Crippen molar-refractivity contribution in [3.63, 3.8) is 0 Å². The fraction of sp³-hybridized carbons (Fsp3) is 0.0741. The number of hydrogen-bond acceptors (Lipinski definition) is 4. The highest BCUT2D eigenvalue weighted by molar-refractivity contribution is 7.99. The highest BCUT2D eigenvalue weighted by Gasteiger charge is 2.00. The van der Waals surface area contributed by atoms with Crippen molar-refractivity contribution >= 4 is 23.7 Å². The van der Waals surface area contributed by atoms with Crippen molar-refractivity contribution in [1.29, 1.82) is 0 Å². The van der Waals surface area contributed by atoms with Crippen LogP contribution in [-0.2, 0) is 0 Å². The average Bonchev–Trinajstić information content (AvgIpc) is 2.81. The van der Waals surface area contributed by atoms with Crippen molar-refractivity contribution in [2.24, 2.45) is 4.99 Å². The van der Waals surface area contributed by atoms with Gasteiger partial charge in [-0.05, 0) is 85.3 Å². The second-order valence-corrected chi connectivity index (χ2v) is 8.16. The standard InChI is InChI=1S/C27H23NO2S/c1-20-3-15-26(16-4-20)31-27-17-5-21(6-18-27)19-28-22-7-9-24(10-8-22)30-25-13-11-23(29-2)12-14-25/h3-19H,1-2H3. The maximum atomic E-state index is 5.85. The minimum atomic E-state index is 0.764. The zero-order valence-electron chi connectivity index (χ0n) is 17.5. The van der Waals surface area contributed by atoms with Gasteiger partial charge in [-0.1, -0.05) is 41.6 Å². The van der Waals surface area contributed by atoms with Gasteiger partial charge in [0.05, 0.1) is 12.8 Å². The third kappa shape index (κ3) is 6.00. The van der Waals surface area contributed by atoms with E-state index in [0.717, 1.165) is 28.5 Å². The molecule has 0 spiro atoms. The van der Waals surface area contributed by atoms with Gasteiger partial charge in [-0.3, -0.25) is 4.99 Å². The summed E-state index contributed by atoms with van der Waals surface area (Å²) in [5.41, 5.74) is 3.21. The molecule has 0 aliphatic rings. The second kappa shape index (κ2) is 10.0. The number of benzene rings is 4. The Hall–Kier alpha value is -3.50. The number of aliphatic imine (C=N–C) groups is 1. The number of hydrogen-bond donors (Lipinski definition) is 0. The summed E-state index contributed by atoms with van der Waals surface area (Å²) in [6, 6.07) is 32.2. The van der Waals surface area contributed by atoms with Crippen LogP contribution in [0.25, 0.3) is 0 Å². The molecule has 0 saturated heterocycles. The first kappa shape index (κ1) is 20.8. The van der Waals surface area contributed by atoms with E-state index in [1.54, 1.807) is 18.9 Å². The number of aryl methyl sites for hydroxylation is 1. The summed E-state index contributed by atoms with van der Waals surface area (Å²) < 4.78 is 11.0. The lowest BCUT2D eigenvalue weighted by Gasteiger charge is -2.06. The number of methoxy groups -OCH3 is 1. The summed E-state index contributed by atoms with van der Waals surface area (Å²) in [7, 11) is 1.65. The molecule has 0 atom stereocenters. The van der Waals surface area contributed by atoms with Crippen LogP contribution in [0, 0.1) is 6.92 Å². The van der Waals surface area contributed by atoms with E-state index in [2.05, 4.69) is 60.4 Å². The van der Waals surface area contributed by atoms with E-state index in [1.807, 2.05) is 54.7 Å². The lowest BCUT2D eigenvalue weighted by Crippen LogP contribution is -1.85. The zero-order chi connectivity index (χ0) is 21.5. The van der Waals surface area contributed by atoms with Gasteiger partial charge >= 0.3 is 0 Å². The molecule has 0 unspecified atom stereocenters. The molecule has 0 N–H and O–H groups in total. The first-order valence-corrected chi connectivity index (χ1v) is 10.8. The normalized spacial score (nSPS) is 10.9. The molecule has 4 aromatic rings. The van der Waals surface area contributed by atoms with Gasteiger partial charge in [0, 0.05) is 16.0 Å². The Labute approximate surface area is 187 Å². The molecular weight excluding hydrogens is 402 g/mol. The van der Waals surface area contributed by atoms with Gasteiger partial charge in [-0.2, -0.15) is 0 Å². The smallest absolute Gasteiger partial charge is 0.127 e. The van der Waals surface area contributed by atoms with Crippen molar-refractivity contribution < 1.29 is 9.47 Å². The summed E-state index contributed by atoms with van der Waals surface area (Å²) in [6.07, 6.45) is 1.87. The van der Waals surface area contributed by atoms with Gasteiger partial charge in [0.1, 0.15) is 17.2 Å². The highest BCUT2D eigenvalue weighted by atomic mass is 32.2. The van der Waals surface area contributed by atoms with Crippen LogP contribution in [0.1, 0.15) is 11.1 Å². The molecule has 0 aromatic heterocycles. The van der Waals surface area contributed by atoms with Crippen LogP contribution in [-0.4, -0.2) is 13.3 Å². The summed E-state index contributed by atoms with van der Waals surface area (Å²) in [5, 5.41) is 0. The van der Waals surface area contributed by atoms with Crippen LogP contribution in [0.2, 0.25) is 0 Å². The average molecular weight is 426 g/mol. The topological polar surface area (TPSA) is 30.8 Å². The van der Waals surface area contributed by atoms with Crippen molar-refractivity contribution in [3.05, 3.63) is 108 Å². The van der Waals surface area contributed by atoms with Crippen LogP contribution in [0.15, 0.2) is 112 Å². The molecule has 0 bridgehead atoms. The molecule has 0 fully saturated rings. The van der Waals surface area contributed by atoms with Gasteiger partial charge in [-0.25, -0.2) is 0 Å². The molecular formula is C27H23NO2S. The Morgan fingerprint density at radius 2 is 1.16 bits per heavy atom. The molecule has 0 aliphatic carbocycles. The Balaban J connectivity index is 1.35. The third-order valence-electron chi connectivity index (χ3n) is 4.63. The van der Waals surface area contributed by atoms with Gasteiger partial charge in [0.15, 0.2) is 0 Å². The molecule has 0 saturated carbocycles. The Morgan fingerprint density at radius 3 is 1.74 bits per heavy atom. The number of nitrogens with zero attached hydrogens (tertiary/aromatic N) is 1. The van der Waals surface area contributed by atoms with Crippen LogP contribution >= 0.6 is 11.8 Å². The molecule has 0 amide bonds. The van der Waals surface area contributed by atoms with E-state index in [9.17, 15) is 0 Å². The van der Waals surface area contributed by atoms with E-state index in [0.29, 0.717) is 0 Å². The van der Waals surface area contributed by atoms with Crippen molar-refractivity contribution in [3.8, 4) is 17.2 Å². The molecule has 3 nitrogen and oxygen atoms in total. The first-order valence-electron chi connectivity index (χ1n) is 9.98. The SMILES string of the molecule is COc1ccc(Oc2ccc(N=Cc3ccc(Sc4ccc(C)cc4)cc3)cc2)cc1. The van der Waals surface area contributed by atoms with Gasteiger partial charge in [0.25, 0.3) is 0 Å². The lowest BCUT2D eigenvalue weighted by atomic mass is 10.2. The van der Waals surface area contributed by atoms with E-state index in [1.165, 1.54) is 15.4 Å². The molecule has 154 valence electrons. The molecule has 31 heavy (non-hydrogen) atoms. The fourth-order valence-corrected chi connectivity index (χ4v) is 3.71. The largest absolute Gasteiger partial charge is 0.497 e. The lowest BCUT2D eigenvalue weighted by molar-refractivity contribution is 0.413. The Kier molecular flexibility index (Phi) is 6.70.